The molecule has 0 radical (unpaired) electrons. The van der Waals surface area contributed by atoms with Crippen LogP contribution in [0.25, 0.3) is 0 Å². The SMILES string of the molecule is CC=CC(C(F)(F)F)(C(F)(F)F)C(F)(F)F. The molecule has 0 aliphatic heterocycles. The lowest BCUT2D eigenvalue weighted by Crippen LogP contribution is -2.58. The van der Waals surface area contributed by atoms with Crippen LogP contribution in [0, 0.1) is 5.41 Å². The van der Waals surface area contributed by atoms with Crippen LogP contribution in [0.1, 0.15) is 6.92 Å². The van der Waals surface area contributed by atoms with Gasteiger partial charge in [-0.15, -0.1) is 0 Å². The van der Waals surface area contributed by atoms with Crippen LogP contribution in [0.5, 0.6) is 0 Å². The fourth-order valence-electron chi connectivity index (χ4n) is 1.02. The minimum absolute atomic E-state index is 0.0640. The molecule has 0 fully saturated rings. The topological polar surface area (TPSA) is 0 Å². The average molecular weight is 260 g/mol. The Kier molecular flexibility index (Phi) is 3.63. The maximum absolute atomic E-state index is 12.1. The molecule has 0 atom stereocenters. The monoisotopic (exact) mass is 260 g/mol. The fourth-order valence-corrected chi connectivity index (χ4v) is 1.02. The summed E-state index contributed by atoms with van der Waals surface area (Å²) in [6.45, 7) is 0.637. The minimum atomic E-state index is -6.50. The van der Waals surface area contributed by atoms with Crippen LogP contribution in [-0.4, -0.2) is 18.5 Å². The average Bonchev–Trinajstić information content (AvgIpc) is 1.91. The lowest BCUT2D eigenvalue weighted by Gasteiger charge is -2.36. The number of alkyl halides is 9. The highest BCUT2D eigenvalue weighted by atomic mass is 19.4. The van der Waals surface area contributed by atoms with Gasteiger partial charge in [0, 0.05) is 0 Å². The van der Waals surface area contributed by atoms with Gasteiger partial charge in [0.1, 0.15) is 0 Å². The number of hydrogen-bond acceptors (Lipinski definition) is 0. The minimum Gasteiger partial charge on any atom is -0.169 e. The molecular formula is C7H5F9. The van der Waals surface area contributed by atoms with Crippen LogP contribution in [0.3, 0.4) is 0 Å². The van der Waals surface area contributed by atoms with Gasteiger partial charge in [-0.05, 0) is 6.92 Å². The molecule has 0 aromatic heterocycles. The second-order valence-electron chi connectivity index (χ2n) is 2.80. The fraction of sp³-hybridized carbons (Fsp3) is 0.714. The number of allylic oxidation sites excluding steroid dienone is 2. The van der Waals surface area contributed by atoms with Gasteiger partial charge in [-0.25, -0.2) is 0 Å². The van der Waals surface area contributed by atoms with Crippen molar-refractivity contribution in [3.63, 3.8) is 0 Å². The molecule has 0 heterocycles. The van der Waals surface area contributed by atoms with E-state index < -0.39 is 30.0 Å². The Morgan fingerprint density at radius 1 is 0.625 bits per heavy atom. The van der Waals surface area contributed by atoms with Gasteiger partial charge >= 0.3 is 18.5 Å². The summed E-state index contributed by atoms with van der Waals surface area (Å²) >= 11 is 0. The van der Waals surface area contributed by atoms with E-state index in [4.69, 9.17) is 0 Å². The predicted molar refractivity (Wildman–Crippen MR) is 35.4 cm³/mol. The molecule has 96 valence electrons. The first-order valence-electron chi connectivity index (χ1n) is 3.65. The van der Waals surface area contributed by atoms with Crippen molar-refractivity contribution < 1.29 is 39.5 Å². The third-order valence-corrected chi connectivity index (χ3v) is 1.76. The zero-order chi connectivity index (χ0) is 13.4. The zero-order valence-corrected chi connectivity index (χ0v) is 7.56. The summed E-state index contributed by atoms with van der Waals surface area (Å²) in [5.41, 5.74) is -5.82. The lowest BCUT2D eigenvalue weighted by molar-refractivity contribution is -0.406. The number of hydrogen-bond donors (Lipinski definition) is 0. The van der Waals surface area contributed by atoms with Crippen LogP contribution >= 0.6 is 0 Å². The summed E-state index contributed by atoms with van der Waals surface area (Å²) in [6.07, 6.45) is -20.4. The molecular weight excluding hydrogens is 255 g/mol. The number of rotatable bonds is 1. The summed E-state index contributed by atoms with van der Waals surface area (Å²) in [6, 6.07) is 0. The molecule has 0 amide bonds. The Hall–Kier alpha value is -0.890. The highest BCUT2D eigenvalue weighted by Crippen LogP contribution is 2.60. The van der Waals surface area contributed by atoms with E-state index in [0.717, 1.165) is 0 Å². The Balaban J connectivity index is 6.04. The Morgan fingerprint density at radius 2 is 0.875 bits per heavy atom. The Morgan fingerprint density at radius 3 is 0.938 bits per heavy atom. The summed E-state index contributed by atoms with van der Waals surface area (Å²) in [5.74, 6) is 0. The van der Waals surface area contributed by atoms with Gasteiger partial charge < -0.3 is 0 Å². The van der Waals surface area contributed by atoms with Crippen LogP contribution in [0.4, 0.5) is 39.5 Å². The normalized spacial score (nSPS) is 15.9. The smallest absolute Gasteiger partial charge is 0.169 e. The molecule has 0 bridgehead atoms. The zero-order valence-electron chi connectivity index (χ0n) is 7.56. The maximum Gasteiger partial charge on any atom is 0.415 e. The first-order valence-corrected chi connectivity index (χ1v) is 3.65. The third-order valence-electron chi connectivity index (χ3n) is 1.76. The van der Waals surface area contributed by atoms with Crippen molar-refractivity contribution in [2.45, 2.75) is 25.5 Å². The Bertz CT molecular complexity index is 227. The van der Waals surface area contributed by atoms with E-state index in [2.05, 4.69) is 0 Å². The first kappa shape index (κ1) is 15.1. The van der Waals surface area contributed by atoms with Gasteiger partial charge in [-0.3, -0.25) is 0 Å². The van der Waals surface area contributed by atoms with E-state index in [1.807, 2.05) is 0 Å². The molecule has 0 nitrogen and oxygen atoms in total. The summed E-state index contributed by atoms with van der Waals surface area (Å²) in [5, 5.41) is 0. The molecule has 0 aromatic rings. The highest BCUT2D eigenvalue weighted by molar-refractivity contribution is 5.12. The van der Waals surface area contributed by atoms with Crippen molar-refractivity contribution >= 4 is 0 Å². The van der Waals surface area contributed by atoms with Crippen LogP contribution in [0.15, 0.2) is 12.2 Å². The second kappa shape index (κ2) is 3.85. The molecule has 0 aliphatic rings. The van der Waals surface area contributed by atoms with Gasteiger partial charge in [0.15, 0.2) is 0 Å². The van der Waals surface area contributed by atoms with Crippen LogP contribution in [0.2, 0.25) is 0 Å². The molecule has 0 aromatic carbocycles. The van der Waals surface area contributed by atoms with E-state index in [-0.39, 0.29) is 6.08 Å². The molecule has 0 saturated carbocycles. The maximum atomic E-state index is 12.1. The molecule has 0 aliphatic carbocycles. The van der Waals surface area contributed by atoms with E-state index >= 15 is 0 Å². The quantitative estimate of drug-likeness (QED) is 0.488. The van der Waals surface area contributed by atoms with Gasteiger partial charge in [0.05, 0.1) is 0 Å². The first-order chi connectivity index (χ1) is 6.81. The van der Waals surface area contributed by atoms with Crippen LogP contribution < -0.4 is 0 Å². The van der Waals surface area contributed by atoms with Crippen molar-refractivity contribution in [2.24, 2.45) is 5.41 Å². The van der Waals surface area contributed by atoms with Gasteiger partial charge in [-0.1, -0.05) is 12.2 Å². The van der Waals surface area contributed by atoms with Crippen molar-refractivity contribution in [3.8, 4) is 0 Å². The molecule has 0 N–H and O–H groups in total. The molecule has 16 heavy (non-hydrogen) atoms. The van der Waals surface area contributed by atoms with Gasteiger partial charge in [0.25, 0.3) is 5.41 Å². The third kappa shape index (κ3) is 2.12. The Labute approximate surface area is 83.7 Å². The molecule has 0 rings (SSSR count). The van der Waals surface area contributed by atoms with Crippen molar-refractivity contribution in [3.05, 3.63) is 12.2 Å². The molecule has 0 spiro atoms. The standard InChI is InChI=1S/C7H5F9/c1-2-3-4(5(8,9)10,6(11,12)13)7(14,15)16/h2-3H,1H3. The molecule has 0 saturated heterocycles. The largest absolute Gasteiger partial charge is 0.415 e. The van der Waals surface area contributed by atoms with Crippen molar-refractivity contribution in [1.29, 1.82) is 0 Å². The second-order valence-corrected chi connectivity index (χ2v) is 2.80. The van der Waals surface area contributed by atoms with E-state index in [0.29, 0.717) is 6.92 Å². The van der Waals surface area contributed by atoms with E-state index in [1.54, 1.807) is 0 Å². The van der Waals surface area contributed by atoms with Gasteiger partial charge in [-0.2, -0.15) is 39.5 Å². The molecule has 9 heteroatoms. The highest BCUT2D eigenvalue weighted by Gasteiger charge is 2.82. The molecule has 0 unspecified atom stereocenters. The summed E-state index contributed by atoms with van der Waals surface area (Å²) in [4.78, 5) is 0. The predicted octanol–water partition coefficient (Wildman–Crippen LogP) is 4.24. The van der Waals surface area contributed by atoms with E-state index in [1.165, 1.54) is 0 Å². The summed E-state index contributed by atoms with van der Waals surface area (Å²) < 4.78 is 109. The van der Waals surface area contributed by atoms with Crippen molar-refractivity contribution in [1.82, 2.24) is 0 Å². The van der Waals surface area contributed by atoms with E-state index in [9.17, 15) is 39.5 Å². The lowest BCUT2D eigenvalue weighted by atomic mass is 9.85. The summed E-state index contributed by atoms with van der Waals surface area (Å²) in [7, 11) is 0. The van der Waals surface area contributed by atoms with Crippen LogP contribution in [-0.2, 0) is 0 Å². The van der Waals surface area contributed by atoms with Gasteiger partial charge in [0.2, 0.25) is 0 Å². The number of halogens is 9. The van der Waals surface area contributed by atoms with Crippen molar-refractivity contribution in [2.75, 3.05) is 0 Å².